The summed E-state index contributed by atoms with van der Waals surface area (Å²) in [5, 5.41) is 10.4. The molecule has 1 N–H and O–H groups in total. The van der Waals surface area contributed by atoms with E-state index in [2.05, 4.69) is 0 Å². The summed E-state index contributed by atoms with van der Waals surface area (Å²) in [7, 11) is 1.60. The SMILES string of the molecule is CCc1c(OC)cc(Cl)cc1C1(C(=O)O)CCCCC1. The van der Waals surface area contributed by atoms with Crippen LogP contribution in [-0.4, -0.2) is 18.2 Å². The largest absolute Gasteiger partial charge is 0.496 e. The maximum atomic E-state index is 12.0. The van der Waals surface area contributed by atoms with Crippen molar-refractivity contribution in [3.05, 3.63) is 28.3 Å². The van der Waals surface area contributed by atoms with E-state index in [9.17, 15) is 9.90 Å². The van der Waals surface area contributed by atoms with E-state index in [1.807, 2.05) is 13.0 Å². The summed E-state index contributed by atoms with van der Waals surface area (Å²) in [6.07, 6.45) is 5.10. The first kappa shape index (κ1) is 15.2. The molecule has 0 amide bonds. The van der Waals surface area contributed by atoms with Crippen molar-refractivity contribution in [2.75, 3.05) is 7.11 Å². The third kappa shape index (κ3) is 2.51. The molecule has 0 spiro atoms. The lowest BCUT2D eigenvalue weighted by atomic mass is 9.68. The molecular weight excluding hydrogens is 276 g/mol. The summed E-state index contributed by atoms with van der Waals surface area (Å²) >= 11 is 6.17. The fraction of sp³-hybridized carbons (Fsp3) is 0.562. The van der Waals surface area contributed by atoms with Crippen molar-refractivity contribution in [3.8, 4) is 5.75 Å². The smallest absolute Gasteiger partial charge is 0.314 e. The van der Waals surface area contributed by atoms with Gasteiger partial charge in [0.1, 0.15) is 5.75 Å². The minimum atomic E-state index is -0.804. The number of carboxylic acid groups (broad SMARTS) is 1. The Kier molecular flexibility index (Phi) is 4.59. The maximum Gasteiger partial charge on any atom is 0.314 e. The van der Waals surface area contributed by atoms with E-state index in [1.165, 1.54) is 0 Å². The molecule has 1 aromatic carbocycles. The Morgan fingerprint density at radius 1 is 1.35 bits per heavy atom. The van der Waals surface area contributed by atoms with Crippen LogP contribution in [0.15, 0.2) is 12.1 Å². The molecule has 110 valence electrons. The Morgan fingerprint density at radius 2 is 2.00 bits per heavy atom. The molecule has 1 aliphatic rings. The van der Waals surface area contributed by atoms with Crippen molar-refractivity contribution in [3.63, 3.8) is 0 Å². The van der Waals surface area contributed by atoms with Crippen molar-refractivity contribution in [1.82, 2.24) is 0 Å². The Bertz CT molecular complexity index is 505. The van der Waals surface area contributed by atoms with Crippen LogP contribution in [0.2, 0.25) is 5.02 Å². The Labute approximate surface area is 124 Å². The Balaban J connectivity index is 2.64. The number of carboxylic acids is 1. The molecule has 0 bridgehead atoms. The molecule has 0 radical (unpaired) electrons. The average molecular weight is 297 g/mol. The molecule has 20 heavy (non-hydrogen) atoms. The first-order valence-electron chi connectivity index (χ1n) is 7.15. The molecule has 0 aromatic heterocycles. The van der Waals surface area contributed by atoms with Gasteiger partial charge in [0.15, 0.2) is 0 Å². The van der Waals surface area contributed by atoms with Gasteiger partial charge in [-0.25, -0.2) is 0 Å². The molecule has 3 nitrogen and oxygen atoms in total. The van der Waals surface area contributed by atoms with Gasteiger partial charge in [0.2, 0.25) is 0 Å². The fourth-order valence-corrected chi connectivity index (χ4v) is 3.55. The minimum Gasteiger partial charge on any atom is -0.496 e. The molecular formula is C16H21ClO3. The van der Waals surface area contributed by atoms with Crippen molar-refractivity contribution in [1.29, 1.82) is 0 Å². The number of halogens is 1. The number of benzene rings is 1. The quantitative estimate of drug-likeness (QED) is 0.906. The van der Waals surface area contributed by atoms with Crippen LogP contribution in [-0.2, 0) is 16.6 Å². The summed E-state index contributed by atoms with van der Waals surface area (Å²) in [4.78, 5) is 12.0. The average Bonchev–Trinajstić information content (AvgIpc) is 2.46. The summed E-state index contributed by atoms with van der Waals surface area (Å²) < 4.78 is 5.40. The number of aliphatic carboxylic acids is 1. The van der Waals surface area contributed by atoms with E-state index in [0.717, 1.165) is 36.8 Å². The number of methoxy groups -OCH3 is 1. The van der Waals surface area contributed by atoms with E-state index < -0.39 is 11.4 Å². The Hall–Kier alpha value is -1.22. The zero-order valence-electron chi connectivity index (χ0n) is 12.0. The summed E-state index contributed by atoms with van der Waals surface area (Å²) in [6, 6.07) is 3.59. The van der Waals surface area contributed by atoms with E-state index in [1.54, 1.807) is 13.2 Å². The van der Waals surface area contributed by atoms with Crippen LogP contribution in [0.3, 0.4) is 0 Å². The summed E-state index contributed by atoms with van der Waals surface area (Å²) in [5.74, 6) is -0.0441. The Morgan fingerprint density at radius 3 is 2.50 bits per heavy atom. The van der Waals surface area contributed by atoms with Crippen molar-refractivity contribution in [2.45, 2.75) is 50.9 Å². The monoisotopic (exact) mass is 296 g/mol. The molecule has 1 fully saturated rings. The lowest BCUT2D eigenvalue weighted by Crippen LogP contribution is -2.38. The highest BCUT2D eigenvalue weighted by Gasteiger charge is 2.43. The zero-order chi connectivity index (χ0) is 14.8. The van der Waals surface area contributed by atoms with Gasteiger partial charge < -0.3 is 9.84 Å². The van der Waals surface area contributed by atoms with Gasteiger partial charge in [-0.05, 0) is 42.5 Å². The van der Waals surface area contributed by atoms with E-state index >= 15 is 0 Å². The maximum absolute atomic E-state index is 12.0. The highest BCUT2D eigenvalue weighted by atomic mass is 35.5. The number of carbonyl (C=O) groups is 1. The predicted octanol–water partition coefficient (Wildman–Crippen LogP) is 4.20. The van der Waals surface area contributed by atoms with Crippen molar-refractivity contribution < 1.29 is 14.6 Å². The molecule has 4 heteroatoms. The van der Waals surface area contributed by atoms with E-state index in [0.29, 0.717) is 23.6 Å². The second-order valence-electron chi connectivity index (χ2n) is 5.44. The van der Waals surface area contributed by atoms with E-state index in [-0.39, 0.29) is 0 Å². The number of hydrogen-bond acceptors (Lipinski definition) is 2. The van der Waals surface area contributed by atoms with Crippen LogP contribution in [0.25, 0.3) is 0 Å². The van der Waals surface area contributed by atoms with Crippen LogP contribution in [0, 0.1) is 0 Å². The molecule has 1 saturated carbocycles. The molecule has 2 rings (SSSR count). The van der Waals surface area contributed by atoms with Gasteiger partial charge in [-0.2, -0.15) is 0 Å². The highest BCUT2D eigenvalue weighted by molar-refractivity contribution is 6.30. The summed E-state index contributed by atoms with van der Waals surface area (Å²) in [5.41, 5.74) is 1.01. The van der Waals surface area contributed by atoms with Crippen LogP contribution < -0.4 is 4.74 Å². The normalized spacial score (nSPS) is 17.8. The van der Waals surface area contributed by atoms with Crippen LogP contribution in [0.1, 0.15) is 50.2 Å². The predicted molar refractivity (Wildman–Crippen MR) is 79.8 cm³/mol. The molecule has 0 heterocycles. The lowest BCUT2D eigenvalue weighted by Gasteiger charge is -2.35. The molecule has 0 saturated heterocycles. The fourth-order valence-electron chi connectivity index (χ4n) is 3.34. The molecule has 0 atom stereocenters. The van der Waals surface area contributed by atoms with Gasteiger partial charge in [-0.15, -0.1) is 0 Å². The van der Waals surface area contributed by atoms with Gasteiger partial charge in [-0.3, -0.25) is 4.79 Å². The van der Waals surface area contributed by atoms with Crippen molar-refractivity contribution >= 4 is 17.6 Å². The van der Waals surface area contributed by atoms with Gasteiger partial charge in [0, 0.05) is 5.02 Å². The third-order valence-electron chi connectivity index (χ3n) is 4.38. The highest BCUT2D eigenvalue weighted by Crippen LogP contribution is 2.44. The molecule has 1 aromatic rings. The van der Waals surface area contributed by atoms with Gasteiger partial charge in [-0.1, -0.05) is 37.8 Å². The molecule has 0 aliphatic heterocycles. The zero-order valence-corrected chi connectivity index (χ0v) is 12.8. The third-order valence-corrected chi connectivity index (χ3v) is 4.60. The molecule has 1 aliphatic carbocycles. The van der Waals surface area contributed by atoms with Gasteiger partial charge in [0.05, 0.1) is 12.5 Å². The minimum absolute atomic E-state index is 0.542. The topological polar surface area (TPSA) is 46.5 Å². The first-order valence-corrected chi connectivity index (χ1v) is 7.53. The van der Waals surface area contributed by atoms with Crippen molar-refractivity contribution in [2.24, 2.45) is 0 Å². The second-order valence-corrected chi connectivity index (χ2v) is 5.87. The number of rotatable bonds is 4. The molecule has 0 unspecified atom stereocenters. The van der Waals surface area contributed by atoms with Crippen LogP contribution >= 0.6 is 11.6 Å². The van der Waals surface area contributed by atoms with Gasteiger partial charge >= 0.3 is 5.97 Å². The number of hydrogen-bond donors (Lipinski definition) is 1. The van der Waals surface area contributed by atoms with Gasteiger partial charge in [0.25, 0.3) is 0 Å². The van der Waals surface area contributed by atoms with Crippen LogP contribution in [0.4, 0.5) is 0 Å². The van der Waals surface area contributed by atoms with Crippen LogP contribution in [0.5, 0.6) is 5.75 Å². The standard InChI is InChI=1S/C16H21ClO3/c1-3-12-13(9-11(17)10-14(12)20-2)16(15(18)19)7-5-4-6-8-16/h9-10H,3-8H2,1-2H3,(H,18,19). The number of ether oxygens (including phenoxy) is 1. The van der Waals surface area contributed by atoms with E-state index in [4.69, 9.17) is 16.3 Å². The lowest BCUT2D eigenvalue weighted by molar-refractivity contribution is -0.145. The summed E-state index contributed by atoms with van der Waals surface area (Å²) in [6.45, 7) is 2.02. The second kappa shape index (κ2) is 6.04. The first-order chi connectivity index (χ1) is 9.55.